The van der Waals surface area contributed by atoms with Crippen LogP contribution in [0, 0.1) is 5.41 Å². The number of nitrogens with zero attached hydrogens (tertiary/aromatic N) is 1. The molecule has 1 fully saturated rings. The van der Waals surface area contributed by atoms with Crippen molar-refractivity contribution in [2.75, 3.05) is 7.05 Å². The Morgan fingerprint density at radius 1 is 1.12 bits per heavy atom. The van der Waals surface area contributed by atoms with Crippen LogP contribution >= 0.6 is 0 Å². The van der Waals surface area contributed by atoms with Crippen LogP contribution in [0.25, 0.3) is 0 Å². The van der Waals surface area contributed by atoms with Crippen molar-refractivity contribution in [3.63, 3.8) is 0 Å². The van der Waals surface area contributed by atoms with E-state index in [0.29, 0.717) is 5.41 Å². The molecule has 2 aliphatic rings. The van der Waals surface area contributed by atoms with Crippen molar-refractivity contribution in [2.45, 2.75) is 71.4 Å². The highest BCUT2D eigenvalue weighted by Gasteiger charge is 2.30. The van der Waals surface area contributed by atoms with Gasteiger partial charge in [0.25, 0.3) is 0 Å². The summed E-state index contributed by atoms with van der Waals surface area (Å²) in [6.45, 7) is 7.03. The van der Waals surface area contributed by atoms with E-state index in [2.05, 4.69) is 38.8 Å². The largest absolute Gasteiger partial charge is 0.300 e. The van der Waals surface area contributed by atoms with Crippen LogP contribution in [-0.4, -0.2) is 24.0 Å². The quantitative estimate of drug-likeness (QED) is 0.637. The first-order valence-electron chi connectivity index (χ1n) is 6.90. The molecule has 0 N–H and O–H groups in total. The topological polar surface area (TPSA) is 3.24 Å². The maximum absolute atomic E-state index is 2.65. The van der Waals surface area contributed by atoms with Crippen LogP contribution < -0.4 is 0 Å². The summed E-state index contributed by atoms with van der Waals surface area (Å²) in [5.41, 5.74) is 2.06. The maximum Gasteiger partial charge on any atom is 0.0133 e. The number of allylic oxidation sites excluding steroid dienone is 1. The zero-order chi connectivity index (χ0) is 11.8. The van der Waals surface area contributed by atoms with Crippen molar-refractivity contribution in [1.29, 1.82) is 0 Å². The summed E-state index contributed by atoms with van der Waals surface area (Å²) in [4.78, 5) is 2.65. The summed E-state index contributed by atoms with van der Waals surface area (Å²) in [7, 11) is 2.34. The second kappa shape index (κ2) is 4.52. The predicted molar refractivity (Wildman–Crippen MR) is 70.6 cm³/mol. The van der Waals surface area contributed by atoms with Gasteiger partial charge in [-0.3, -0.25) is 0 Å². The highest BCUT2D eigenvalue weighted by atomic mass is 15.2. The van der Waals surface area contributed by atoms with Crippen LogP contribution in [0.3, 0.4) is 0 Å². The van der Waals surface area contributed by atoms with Crippen LogP contribution in [0.15, 0.2) is 11.6 Å². The maximum atomic E-state index is 2.65. The Kier molecular flexibility index (Phi) is 3.44. The number of hydrogen-bond acceptors (Lipinski definition) is 1. The number of rotatable bonds is 2. The highest BCUT2D eigenvalue weighted by Crippen LogP contribution is 2.36. The average Bonchev–Trinajstić information content (AvgIpc) is 2.14. The number of hydrogen-bond donors (Lipinski definition) is 0. The fourth-order valence-corrected chi connectivity index (χ4v) is 2.96. The second-order valence-electron chi connectivity index (χ2n) is 6.66. The minimum Gasteiger partial charge on any atom is -0.300 e. The fraction of sp³-hybridized carbons (Fsp3) is 0.867. The van der Waals surface area contributed by atoms with E-state index in [1.807, 2.05) is 0 Å². The molecule has 2 aliphatic carbocycles. The van der Waals surface area contributed by atoms with Crippen LogP contribution in [0.4, 0.5) is 0 Å². The molecule has 0 aromatic carbocycles. The fourth-order valence-electron chi connectivity index (χ4n) is 2.96. The van der Waals surface area contributed by atoms with Crippen LogP contribution in [0.5, 0.6) is 0 Å². The molecule has 1 atom stereocenters. The third-order valence-corrected chi connectivity index (χ3v) is 4.57. The Balaban J connectivity index is 1.91. The molecule has 16 heavy (non-hydrogen) atoms. The Morgan fingerprint density at radius 2 is 1.81 bits per heavy atom. The lowest BCUT2D eigenvalue weighted by molar-refractivity contribution is 0.102. The molecule has 92 valence electrons. The van der Waals surface area contributed by atoms with Crippen molar-refractivity contribution >= 4 is 0 Å². The van der Waals surface area contributed by atoms with Gasteiger partial charge in [0, 0.05) is 12.1 Å². The summed E-state index contributed by atoms with van der Waals surface area (Å²) in [5, 5.41) is 0. The minimum atomic E-state index is 0.389. The molecule has 0 bridgehead atoms. The van der Waals surface area contributed by atoms with Crippen LogP contribution in [-0.2, 0) is 0 Å². The summed E-state index contributed by atoms with van der Waals surface area (Å²) in [6, 6.07) is 1.71. The standard InChI is InChI=1S/C15H27N/c1-15(2,3)12-8-10-14(11-9-12)16(4)13-6-5-7-13/h8,13-14H,5-7,9-11H2,1-4H3/t14-/m0/s1. The van der Waals surface area contributed by atoms with E-state index in [1.54, 1.807) is 5.57 Å². The van der Waals surface area contributed by atoms with Gasteiger partial charge in [-0.15, -0.1) is 0 Å². The third-order valence-electron chi connectivity index (χ3n) is 4.57. The molecule has 0 unspecified atom stereocenters. The van der Waals surface area contributed by atoms with Crippen molar-refractivity contribution in [3.05, 3.63) is 11.6 Å². The molecule has 0 aliphatic heterocycles. The Bertz CT molecular complexity index is 268. The summed E-state index contributed by atoms with van der Waals surface area (Å²) in [6.07, 6.45) is 10.8. The van der Waals surface area contributed by atoms with Gasteiger partial charge in [0.2, 0.25) is 0 Å². The van der Waals surface area contributed by atoms with Gasteiger partial charge in [-0.25, -0.2) is 0 Å². The molecule has 0 heterocycles. The van der Waals surface area contributed by atoms with Gasteiger partial charge in [-0.1, -0.05) is 38.8 Å². The molecule has 0 spiro atoms. The first-order valence-corrected chi connectivity index (χ1v) is 6.90. The lowest BCUT2D eigenvalue weighted by Crippen LogP contribution is -2.44. The SMILES string of the molecule is CN(C1CCC1)[C@H]1CC=C(C(C)(C)C)CC1. The van der Waals surface area contributed by atoms with E-state index in [9.17, 15) is 0 Å². The minimum absolute atomic E-state index is 0.389. The van der Waals surface area contributed by atoms with Gasteiger partial charge in [0.1, 0.15) is 0 Å². The molecular formula is C15H27N. The molecule has 0 aromatic rings. The lowest BCUT2D eigenvalue weighted by atomic mass is 9.78. The molecule has 0 aromatic heterocycles. The van der Waals surface area contributed by atoms with Crippen molar-refractivity contribution < 1.29 is 0 Å². The van der Waals surface area contributed by atoms with Crippen LogP contribution in [0.1, 0.15) is 59.3 Å². The summed E-state index contributed by atoms with van der Waals surface area (Å²) >= 11 is 0. The normalized spacial score (nSPS) is 27.8. The molecule has 0 radical (unpaired) electrons. The van der Waals surface area contributed by atoms with E-state index in [-0.39, 0.29) is 0 Å². The molecule has 1 heteroatoms. The van der Waals surface area contributed by atoms with E-state index in [0.717, 1.165) is 12.1 Å². The smallest absolute Gasteiger partial charge is 0.0133 e. The zero-order valence-electron chi connectivity index (χ0n) is 11.4. The van der Waals surface area contributed by atoms with Gasteiger partial charge in [-0.2, -0.15) is 0 Å². The average molecular weight is 221 g/mol. The van der Waals surface area contributed by atoms with E-state index >= 15 is 0 Å². The van der Waals surface area contributed by atoms with Crippen molar-refractivity contribution in [3.8, 4) is 0 Å². The van der Waals surface area contributed by atoms with E-state index < -0.39 is 0 Å². The van der Waals surface area contributed by atoms with Crippen molar-refractivity contribution in [1.82, 2.24) is 4.90 Å². The predicted octanol–water partition coefficient (Wildman–Crippen LogP) is 4.00. The molecule has 0 saturated heterocycles. The Hall–Kier alpha value is -0.300. The lowest BCUT2D eigenvalue weighted by Gasteiger charge is -2.42. The monoisotopic (exact) mass is 221 g/mol. The van der Waals surface area contributed by atoms with Gasteiger partial charge >= 0.3 is 0 Å². The first-order chi connectivity index (χ1) is 7.48. The molecule has 2 rings (SSSR count). The molecule has 1 nitrogen and oxygen atoms in total. The van der Waals surface area contributed by atoms with Gasteiger partial charge in [0.15, 0.2) is 0 Å². The zero-order valence-corrected chi connectivity index (χ0v) is 11.4. The van der Waals surface area contributed by atoms with Crippen molar-refractivity contribution in [2.24, 2.45) is 5.41 Å². The third kappa shape index (κ3) is 2.51. The van der Waals surface area contributed by atoms with Gasteiger partial charge in [-0.05, 0) is 44.6 Å². The molecule has 1 saturated carbocycles. The second-order valence-corrected chi connectivity index (χ2v) is 6.66. The molecule has 0 amide bonds. The highest BCUT2D eigenvalue weighted by molar-refractivity contribution is 5.15. The van der Waals surface area contributed by atoms with Gasteiger partial charge in [0.05, 0.1) is 0 Å². The van der Waals surface area contributed by atoms with E-state index in [1.165, 1.54) is 38.5 Å². The Morgan fingerprint density at radius 3 is 2.19 bits per heavy atom. The first kappa shape index (κ1) is 12.2. The molecular weight excluding hydrogens is 194 g/mol. The Labute approximate surface area is 101 Å². The summed E-state index contributed by atoms with van der Waals surface area (Å²) < 4.78 is 0. The van der Waals surface area contributed by atoms with Crippen LogP contribution in [0.2, 0.25) is 0 Å². The summed E-state index contributed by atoms with van der Waals surface area (Å²) in [5.74, 6) is 0. The van der Waals surface area contributed by atoms with Gasteiger partial charge < -0.3 is 4.90 Å². The van der Waals surface area contributed by atoms with E-state index in [4.69, 9.17) is 0 Å².